The van der Waals surface area contributed by atoms with E-state index in [2.05, 4.69) is 19.8 Å². The summed E-state index contributed by atoms with van der Waals surface area (Å²) in [5, 5.41) is 0. The van der Waals surface area contributed by atoms with Crippen LogP contribution in [0, 0.1) is 24.2 Å². The van der Waals surface area contributed by atoms with Crippen LogP contribution in [0.2, 0.25) is 0 Å². The largest absolute Gasteiger partial charge is 0.373 e. The fourth-order valence-electron chi connectivity index (χ4n) is 2.81. The molecule has 5 atom stereocenters. The topological polar surface area (TPSA) is 27.7 Å². The Morgan fingerprint density at radius 1 is 1.44 bits per heavy atom. The van der Waals surface area contributed by atoms with Gasteiger partial charge in [0.2, 0.25) is 0 Å². The molecule has 0 bridgehead atoms. The molecule has 0 amide bonds. The van der Waals surface area contributed by atoms with E-state index in [1.54, 1.807) is 14.2 Å². The van der Waals surface area contributed by atoms with Crippen LogP contribution in [0.4, 0.5) is 0 Å². The molecular weight excluding hydrogens is 204 g/mol. The van der Waals surface area contributed by atoms with Gasteiger partial charge in [0.1, 0.15) is 11.7 Å². The summed E-state index contributed by atoms with van der Waals surface area (Å²) in [7, 11) is 3.32. The molecule has 1 fully saturated rings. The first-order valence-electron chi connectivity index (χ1n) is 5.74. The van der Waals surface area contributed by atoms with Crippen LogP contribution in [0.15, 0.2) is 0 Å². The summed E-state index contributed by atoms with van der Waals surface area (Å²) >= 11 is 0. The van der Waals surface area contributed by atoms with Crippen molar-refractivity contribution in [1.82, 2.24) is 0 Å². The van der Waals surface area contributed by atoms with Gasteiger partial charge in [0, 0.05) is 14.2 Å². The summed E-state index contributed by atoms with van der Waals surface area (Å²) < 4.78 is 16.7. The molecule has 0 unspecified atom stereocenters. The minimum absolute atomic E-state index is 0.196. The zero-order valence-electron chi connectivity index (χ0n) is 10.8. The maximum absolute atomic E-state index is 5.75. The second-order valence-electron chi connectivity index (χ2n) is 4.55. The molecule has 16 heavy (non-hydrogen) atoms. The highest BCUT2D eigenvalue weighted by atomic mass is 16.7. The van der Waals surface area contributed by atoms with Gasteiger partial charge < -0.3 is 14.2 Å². The second-order valence-corrected chi connectivity index (χ2v) is 4.55. The standard InChI is InChI=1S/C13H22O3/c1-7-10-9(3)11(8-2)16-12(14-5)13(10,4)15-6/h2,9-12H,7H2,1,3-6H3/t9-,10+,11-,12+,13-/m1/s1. The number of methoxy groups -OCH3 is 2. The molecule has 0 spiro atoms. The Hall–Kier alpha value is -0.560. The quantitative estimate of drug-likeness (QED) is 0.689. The normalized spacial score (nSPS) is 44.0. The molecule has 3 heteroatoms. The lowest BCUT2D eigenvalue weighted by atomic mass is 9.73. The van der Waals surface area contributed by atoms with E-state index in [1.165, 1.54) is 0 Å². The number of hydrogen-bond acceptors (Lipinski definition) is 3. The maximum Gasteiger partial charge on any atom is 0.187 e. The average molecular weight is 226 g/mol. The molecule has 0 aromatic heterocycles. The Morgan fingerprint density at radius 2 is 2.06 bits per heavy atom. The van der Waals surface area contributed by atoms with E-state index in [4.69, 9.17) is 20.6 Å². The maximum atomic E-state index is 5.75. The number of rotatable bonds is 3. The predicted octanol–water partition coefficient (Wildman–Crippen LogP) is 2.06. The van der Waals surface area contributed by atoms with Gasteiger partial charge in [0.05, 0.1) is 0 Å². The van der Waals surface area contributed by atoms with Gasteiger partial charge >= 0.3 is 0 Å². The van der Waals surface area contributed by atoms with Crippen LogP contribution < -0.4 is 0 Å². The third-order valence-corrected chi connectivity index (χ3v) is 3.84. The molecule has 0 aliphatic carbocycles. The van der Waals surface area contributed by atoms with Crippen molar-refractivity contribution < 1.29 is 14.2 Å². The SMILES string of the molecule is C#C[C@H]1O[C@H](OC)[C@](C)(OC)[C@@H](CC)[C@H]1C. The molecule has 0 radical (unpaired) electrons. The lowest BCUT2D eigenvalue weighted by Gasteiger charge is -2.49. The summed E-state index contributed by atoms with van der Waals surface area (Å²) in [6, 6.07) is 0. The molecule has 92 valence electrons. The molecule has 0 aromatic carbocycles. The molecule has 0 aromatic rings. The first-order chi connectivity index (χ1) is 7.54. The fraction of sp³-hybridized carbons (Fsp3) is 0.846. The van der Waals surface area contributed by atoms with Crippen LogP contribution in [-0.4, -0.2) is 32.2 Å². The molecule has 3 nitrogen and oxygen atoms in total. The van der Waals surface area contributed by atoms with Crippen molar-refractivity contribution in [2.24, 2.45) is 11.8 Å². The van der Waals surface area contributed by atoms with Crippen molar-refractivity contribution in [3.63, 3.8) is 0 Å². The van der Waals surface area contributed by atoms with Crippen LogP contribution in [0.3, 0.4) is 0 Å². The van der Waals surface area contributed by atoms with E-state index in [1.807, 2.05) is 6.92 Å². The van der Waals surface area contributed by atoms with Crippen molar-refractivity contribution in [2.45, 2.75) is 45.2 Å². The zero-order chi connectivity index (χ0) is 12.3. The molecule has 1 rings (SSSR count). The lowest BCUT2D eigenvalue weighted by molar-refractivity contribution is -0.300. The Morgan fingerprint density at radius 3 is 2.44 bits per heavy atom. The number of hydrogen-bond donors (Lipinski definition) is 0. The van der Waals surface area contributed by atoms with Crippen LogP contribution in [0.1, 0.15) is 27.2 Å². The van der Waals surface area contributed by atoms with E-state index in [9.17, 15) is 0 Å². The van der Waals surface area contributed by atoms with Gasteiger partial charge in [-0.2, -0.15) is 0 Å². The molecule has 1 heterocycles. The molecule has 1 aliphatic rings. The van der Waals surface area contributed by atoms with Gasteiger partial charge in [0.25, 0.3) is 0 Å². The fourth-order valence-corrected chi connectivity index (χ4v) is 2.81. The Kier molecular flexibility index (Phi) is 4.37. The highest BCUT2D eigenvalue weighted by Gasteiger charge is 2.51. The van der Waals surface area contributed by atoms with E-state index in [0.29, 0.717) is 5.92 Å². The van der Waals surface area contributed by atoms with E-state index in [0.717, 1.165) is 6.42 Å². The van der Waals surface area contributed by atoms with Gasteiger partial charge in [-0.25, -0.2) is 0 Å². The summed E-state index contributed by atoms with van der Waals surface area (Å²) in [6.07, 6.45) is 5.88. The first kappa shape index (κ1) is 13.5. The summed E-state index contributed by atoms with van der Waals surface area (Å²) in [6.45, 7) is 6.28. The van der Waals surface area contributed by atoms with Gasteiger partial charge in [-0.1, -0.05) is 19.8 Å². The van der Waals surface area contributed by atoms with Gasteiger partial charge in [-0.3, -0.25) is 0 Å². The highest BCUT2D eigenvalue weighted by Crippen LogP contribution is 2.42. The van der Waals surface area contributed by atoms with Crippen LogP contribution >= 0.6 is 0 Å². The van der Waals surface area contributed by atoms with Crippen LogP contribution in [-0.2, 0) is 14.2 Å². The highest BCUT2D eigenvalue weighted by molar-refractivity contribution is 5.06. The van der Waals surface area contributed by atoms with Crippen molar-refractivity contribution in [3.05, 3.63) is 0 Å². The van der Waals surface area contributed by atoms with E-state index >= 15 is 0 Å². The number of terminal acetylenes is 1. The Bertz CT molecular complexity index is 271. The Balaban J connectivity index is 3.03. The van der Waals surface area contributed by atoms with E-state index < -0.39 is 11.9 Å². The zero-order valence-corrected chi connectivity index (χ0v) is 10.8. The number of ether oxygens (including phenoxy) is 3. The predicted molar refractivity (Wildman–Crippen MR) is 62.9 cm³/mol. The minimum Gasteiger partial charge on any atom is -0.373 e. The summed E-state index contributed by atoms with van der Waals surface area (Å²) in [5.41, 5.74) is -0.434. The Labute approximate surface area is 98.5 Å². The smallest absolute Gasteiger partial charge is 0.187 e. The first-order valence-corrected chi connectivity index (χ1v) is 5.74. The second kappa shape index (κ2) is 5.18. The van der Waals surface area contributed by atoms with Crippen molar-refractivity contribution in [2.75, 3.05) is 14.2 Å². The monoisotopic (exact) mass is 226 g/mol. The third-order valence-electron chi connectivity index (χ3n) is 3.84. The summed E-state index contributed by atoms with van der Waals surface area (Å²) in [5.74, 6) is 3.29. The van der Waals surface area contributed by atoms with Crippen molar-refractivity contribution >= 4 is 0 Å². The molecule has 0 saturated carbocycles. The van der Waals surface area contributed by atoms with Crippen LogP contribution in [0.25, 0.3) is 0 Å². The molecule has 0 N–H and O–H groups in total. The van der Waals surface area contributed by atoms with Crippen molar-refractivity contribution in [3.8, 4) is 12.3 Å². The summed E-state index contributed by atoms with van der Waals surface area (Å²) in [4.78, 5) is 0. The van der Waals surface area contributed by atoms with Gasteiger partial charge in [0.15, 0.2) is 6.29 Å². The van der Waals surface area contributed by atoms with Crippen molar-refractivity contribution in [1.29, 1.82) is 0 Å². The van der Waals surface area contributed by atoms with E-state index in [-0.39, 0.29) is 12.0 Å². The van der Waals surface area contributed by atoms with Gasteiger partial charge in [-0.15, -0.1) is 6.42 Å². The van der Waals surface area contributed by atoms with Crippen LogP contribution in [0.5, 0.6) is 0 Å². The van der Waals surface area contributed by atoms with Gasteiger partial charge in [-0.05, 0) is 25.2 Å². The average Bonchev–Trinajstić information content (AvgIpc) is 2.30. The molecular formula is C13H22O3. The lowest BCUT2D eigenvalue weighted by Crippen LogP contribution is -2.59. The molecule has 1 aliphatic heterocycles. The molecule has 1 saturated heterocycles. The third kappa shape index (κ3) is 1.98. The minimum atomic E-state index is -0.434.